The van der Waals surface area contributed by atoms with Crippen molar-refractivity contribution in [1.82, 2.24) is 10.1 Å². The Labute approximate surface area is 105 Å². The number of nitrogens with zero attached hydrogens (tertiary/aromatic N) is 2. The maximum absolute atomic E-state index is 11.4. The van der Waals surface area contributed by atoms with Crippen LogP contribution in [0.5, 0.6) is 6.08 Å². The van der Waals surface area contributed by atoms with E-state index < -0.39 is 0 Å². The summed E-state index contributed by atoms with van der Waals surface area (Å²) in [5.74, 6) is 0.0639. The van der Waals surface area contributed by atoms with E-state index in [2.05, 4.69) is 10.1 Å². The molecule has 0 amide bonds. The molecule has 2 rings (SSSR count). The minimum atomic E-state index is -0.347. The largest absolute Gasteiger partial charge is 0.425 e. The number of ether oxygens (including phenoxy) is 1. The van der Waals surface area contributed by atoms with Crippen LogP contribution in [-0.2, 0) is 4.79 Å². The molecular formula is C13H14N2O3. The van der Waals surface area contributed by atoms with Crippen molar-refractivity contribution in [2.24, 2.45) is 0 Å². The number of hydrogen-bond acceptors (Lipinski definition) is 5. The molecule has 1 aromatic heterocycles. The van der Waals surface area contributed by atoms with Gasteiger partial charge in [-0.2, -0.15) is 4.98 Å². The van der Waals surface area contributed by atoms with Crippen LogP contribution < -0.4 is 4.74 Å². The van der Waals surface area contributed by atoms with Gasteiger partial charge in [0.15, 0.2) is 0 Å². The first-order valence-corrected chi connectivity index (χ1v) is 5.89. The number of carbonyl (C=O) groups is 1. The van der Waals surface area contributed by atoms with Gasteiger partial charge in [0.25, 0.3) is 0 Å². The lowest BCUT2D eigenvalue weighted by Gasteiger charge is -1.96. The summed E-state index contributed by atoms with van der Waals surface area (Å²) in [6.45, 7) is 2.01. The van der Waals surface area contributed by atoms with Crippen molar-refractivity contribution in [3.63, 3.8) is 0 Å². The van der Waals surface area contributed by atoms with E-state index in [4.69, 9.17) is 9.26 Å². The van der Waals surface area contributed by atoms with Gasteiger partial charge < -0.3 is 4.74 Å². The molecule has 0 atom stereocenters. The van der Waals surface area contributed by atoms with Crippen LogP contribution in [-0.4, -0.2) is 16.1 Å². The Morgan fingerprint density at radius 2 is 2.11 bits per heavy atom. The highest BCUT2D eigenvalue weighted by atomic mass is 16.7. The van der Waals surface area contributed by atoms with Crippen LogP contribution in [0.3, 0.4) is 0 Å². The Hall–Kier alpha value is -2.17. The monoisotopic (exact) mass is 246 g/mol. The Morgan fingerprint density at radius 3 is 2.83 bits per heavy atom. The highest BCUT2D eigenvalue weighted by molar-refractivity contribution is 5.71. The minimum Gasteiger partial charge on any atom is -0.376 e. The van der Waals surface area contributed by atoms with Crippen LogP contribution in [0.25, 0.3) is 11.4 Å². The molecule has 1 aromatic carbocycles. The molecule has 0 aliphatic carbocycles. The summed E-state index contributed by atoms with van der Waals surface area (Å²) in [7, 11) is 0. The topological polar surface area (TPSA) is 65.2 Å². The lowest BCUT2D eigenvalue weighted by atomic mass is 10.2. The quantitative estimate of drug-likeness (QED) is 0.759. The predicted molar refractivity (Wildman–Crippen MR) is 64.9 cm³/mol. The zero-order valence-corrected chi connectivity index (χ0v) is 10.1. The molecule has 5 nitrogen and oxygen atoms in total. The predicted octanol–water partition coefficient (Wildman–Crippen LogP) is 2.83. The number of rotatable bonds is 5. The fourth-order valence-electron chi connectivity index (χ4n) is 1.43. The second kappa shape index (κ2) is 5.95. The molecule has 0 fully saturated rings. The summed E-state index contributed by atoms with van der Waals surface area (Å²) in [4.78, 5) is 15.4. The van der Waals surface area contributed by atoms with Gasteiger partial charge in [0.2, 0.25) is 5.82 Å². The van der Waals surface area contributed by atoms with Gasteiger partial charge in [0.1, 0.15) is 0 Å². The lowest BCUT2D eigenvalue weighted by Crippen LogP contribution is -2.07. The Balaban J connectivity index is 2.00. The first kappa shape index (κ1) is 12.3. The van der Waals surface area contributed by atoms with Crippen molar-refractivity contribution >= 4 is 5.97 Å². The highest BCUT2D eigenvalue weighted by Crippen LogP contribution is 2.18. The number of carbonyl (C=O) groups excluding carboxylic acids is 1. The van der Waals surface area contributed by atoms with Gasteiger partial charge in [0, 0.05) is 12.0 Å². The second-order valence-corrected chi connectivity index (χ2v) is 3.83. The molecule has 0 N–H and O–H groups in total. The lowest BCUT2D eigenvalue weighted by molar-refractivity contribution is -0.136. The van der Waals surface area contributed by atoms with Crippen molar-refractivity contribution in [1.29, 1.82) is 0 Å². The van der Waals surface area contributed by atoms with E-state index in [0.717, 1.165) is 18.4 Å². The van der Waals surface area contributed by atoms with Crippen LogP contribution in [0.15, 0.2) is 34.9 Å². The first-order chi connectivity index (χ1) is 8.79. The molecule has 0 aliphatic heterocycles. The minimum absolute atomic E-state index is 0.102. The maximum atomic E-state index is 11.4. The van der Waals surface area contributed by atoms with Crippen molar-refractivity contribution in [3.05, 3.63) is 30.3 Å². The van der Waals surface area contributed by atoms with Crippen LogP contribution >= 0.6 is 0 Å². The number of hydrogen-bond donors (Lipinski definition) is 0. The molecule has 1 heterocycles. The zero-order chi connectivity index (χ0) is 12.8. The number of aromatic nitrogens is 2. The van der Waals surface area contributed by atoms with Crippen LogP contribution in [0.4, 0.5) is 0 Å². The van der Waals surface area contributed by atoms with E-state index in [1.807, 2.05) is 37.3 Å². The van der Waals surface area contributed by atoms with E-state index in [1.165, 1.54) is 0 Å². The number of unbranched alkanes of at least 4 members (excludes halogenated alkanes) is 1. The Kier molecular flexibility index (Phi) is 4.06. The summed E-state index contributed by atoms with van der Waals surface area (Å²) in [5.41, 5.74) is 0.817. The molecule has 0 saturated carbocycles. The van der Waals surface area contributed by atoms with Crippen molar-refractivity contribution in [2.45, 2.75) is 26.2 Å². The molecule has 0 spiro atoms. The Morgan fingerprint density at radius 1 is 1.33 bits per heavy atom. The average molecular weight is 246 g/mol. The first-order valence-electron chi connectivity index (χ1n) is 5.89. The van der Waals surface area contributed by atoms with E-state index >= 15 is 0 Å². The molecule has 0 saturated heterocycles. The van der Waals surface area contributed by atoms with E-state index in [1.54, 1.807) is 0 Å². The number of benzene rings is 1. The summed E-state index contributed by atoms with van der Waals surface area (Å²) in [6, 6.07) is 9.35. The summed E-state index contributed by atoms with van der Waals surface area (Å²) < 4.78 is 9.80. The van der Waals surface area contributed by atoms with Crippen molar-refractivity contribution in [2.75, 3.05) is 0 Å². The van der Waals surface area contributed by atoms with E-state index in [9.17, 15) is 4.79 Å². The van der Waals surface area contributed by atoms with Crippen molar-refractivity contribution < 1.29 is 14.1 Å². The van der Waals surface area contributed by atoms with Gasteiger partial charge >= 0.3 is 12.0 Å². The molecule has 18 heavy (non-hydrogen) atoms. The van der Waals surface area contributed by atoms with Gasteiger partial charge in [-0.15, -0.1) is 0 Å². The number of esters is 1. The summed E-state index contributed by atoms with van der Waals surface area (Å²) in [5, 5.41) is 3.76. The molecule has 0 bridgehead atoms. The second-order valence-electron chi connectivity index (χ2n) is 3.83. The molecule has 0 radical (unpaired) electrons. The maximum Gasteiger partial charge on any atom is 0.425 e. The SMILES string of the molecule is CCCCC(=O)Oc1nc(-c2ccccc2)no1. The van der Waals surface area contributed by atoms with Crippen molar-refractivity contribution in [3.8, 4) is 17.5 Å². The molecular weight excluding hydrogens is 232 g/mol. The normalized spacial score (nSPS) is 10.3. The van der Waals surface area contributed by atoms with Crippen LogP contribution in [0.1, 0.15) is 26.2 Å². The summed E-state index contributed by atoms with van der Waals surface area (Å²) >= 11 is 0. The zero-order valence-electron chi connectivity index (χ0n) is 10.1. The Bertz CT molecular complexity index is 508. The fraction of sp³-hybridized carbons (Fsp3) is 0.308. The fourth-order valence-corrected chi connectivity index (χ4v) is 1.43. The molecule has 5 heteroatoms. The average Bonchev–Trinajstić information content (AvgIpc) is 2.86. The van der Waals surface area contributed by atoms with E-state index in [0.29, 0.717) is 12.2 Å². The molecule has 2 aromatic rings. The van der Waals surface area contributed by atoms with Gasteiger partial charge in [-0.05, 0) is 6.42 Å². The van der Waals surface area contributed by atoms with Gasteiger partial charge in [-0.1, -0.05) is 48.8 Å². The van der Waals surface area contributed by atoms with Crippen LogP contribution in [0, 0.1) is 0 Å². The molecule has 94 valence electrons. The third-order valence-electron chi connectivity index (χ3n) is 2.37. The molecule has 0 unspecified atom stereocenters. The van der Waals surface area contributed by atoms with Gasteiger partial charge in [-0.25, -0.2) is 0 Å². The summed E-state index contributed by atoms with van der Waals surface area (Å²) in [6.07, 6.45) is 1.99. The van der Waals surface area contributed by atoms with Gasteiger partial charge in [0.05, 0.1) is 0 Å². The standard InChI is InChI=1S/C13H14N2O3/c1-2-3-9-11(16)17-13-14-12(15-18-13)10-7-5-4-6-8-10/h4-8H,2-3,9H2,1H3. The highest BCUT2D eigenvalue weighted by Gasteiger charge is 2.12. The third-order valence-corrected chi connectivity index (χ3v) is 2.37. The van der Waals surface area contributed by atoms with Gasteiger partial charge in [-0.3, -0.25) is 9.32 Å². The smallest absolute Gasteiger partial charge is 0.376 e. The third kappa shape index (κ3) is 3.16. The molecule has 0 aliphatic rings. The van der Waals surface area contributed by atoms with E-state index in [-0.39, 0.29) is 12.0 Å². The van der Waals surface area contributed by atoms with Crippen LogP contribution in [0.2, 0.25) is 0 Å².